The Balaban J connectivity index is 2.47. The number of anilines is 1. The van der Waals surface area contributed by atoms with Crippen LogP contribution in [0.25, 0.3) is 0 Å². The van der Waals surface area contributed by atoms with E-state index in [1.165, 1.54) is 31.7 Å². The molecule has 0 fully saturated rings. The number of aliphatic hydroxyl groups is 1. The second-order valence-electron chi connectivity index (χ2n) is 4.09. The van der Waals surface area contributed by atoms with Crippen LogP contribution in [0.5, 0.6) is 0 Å². The molecular formula is C12H12FN3O3S. The maximum absolute atomic E-state index is 13.7. The molecule has 0 aliphatic carbocycles. The van der Waals surface area contributed by atoms with Crippen molar-refractivity contribution in [3.63, 3.8) is 0 Å². The van der Waals surface area contributed by atoms with Crippen molar-refractivity contribution in [3.8, 4) is 0 Å². The van der Waals surface area contributed by atoms with Crippen molar-refractivity contribution in [3.05, 3.63) is 47.8 Å². The van der Waals surface area contributed by atoms with Crippen LogP contribution in [-0.2, 0) is 16.6 Å². The van der Waals surface area contributed by atoms with Gasteiger partial charge in [-0.25, -0.2) is 22.8 Å². The number of nitrogens with one attached hydrogen (secondary N) is 1. The van der Waals surface area contributed by atoms with E-state index < -0.39 is 22.4 Å². The molecule has 0 atom stereocenters. The summed E-state index contributed by atoms with van der Waals surface area (Å²) in [7, 11) is -3.98. The van der Waals surface area contributed by atoms with E-state index >= 15 is 0 Å². The van der Waals surface area contributed by atoms with Crippen molar-refractivity contribution >= 4 is 15.7 Å². The lowest BCUT2D eigenvalue weighted by molar-refractivity contribution is 0.281. The van der Waals surface area contributed by atoms with Gasteiger partial charge in [-0.15, -0.1) is 0 Å². The predicted octanol–water partition coefficient (Wildman–Crippen LogP) is 1.22. The Morgan fingerprint density at radius 1 is 1.30 bits per heavy atom. The summed E-state index contributed by atoms with van der Waals surface area (Å²) in [5, 5.41) is 9.03. The van der Waals surface area contributed by atoms with Gasteiger partial charge in [0.15, 0.2) is 0 Å². The first-order valence-corrected chi connectivity index (χ1v) is 7.10. The normalized spacial score (nSPS) is 11.3. The van der Waals surface area contributed by atoms with E-state index in [0.29, 0.717) is 0 Å². The van der Waals surface area contributed by atoms with E-state index in [1.807, 2.05) is 0 Å². The third kappa shape index (κ3) is 2.91. The van der Waals surface area contributed by atoms with E-state index in [-0.39, 0.29) is 21.7 Å². The topological polar surface area (TPSA) is 92.2 Å². The Hall–Kier alpha value is -2.06. The van der Waals surface area contributed by atoms with Crippen molar-refractivity contribution in [2.75, 3.05) is 4.72 Å². The molecule has 0 aliphatic heterocycles. The van der Waals surface area contributed by atoms with Crippen LogP contribution in [0.3, 0.4) is 0 Å². The first-order chi connectivity index (χ1) is 9.44. The van der Waals surface area contributed by atoms with Crippen molar-refractivity contribution in [1.82, 2.24) is 9.97 Å². The number of sulfonamides is 1. The lowest BCUT2D eigenvalue weighted by Gasteiger charge is -2.11. The van der Waals surface area contributed by atoms with Gasteiger partial charge in [0.2, 0.25) is 0 Å². The monoisotopic (exact) mass is 297 g/mol. The van der Waals surface area contributed by atoms with Crippen LogP contribution in [0.4, 0.5) is 10.1 Å². The number of hydrogen-bond donors (Lipinski definition) is 2. The average molecular weight is 297 g/mol. The highest BCUT2D eigenvalue weighted by Gasteiger charge is 2.20. The fourth-order valence-electron chi connectivity index (χ4n) is 1.64. The number of aromatic nitrogens is 2. The van der Waals surface area contributed by atoms with Gasteiger partial charge in [0.05, 0.1) is 29.6 Å². The Kier molecular flexibility index (Phi) is 3.96. The van der Waals surface area contributed by atoms with Crippen molar-refractivity contribution in [2.24, 2.45) is 0 Å². The minimum absolute atomic E-state index is 0.0217. The number of aliphatic hydroxyl groups excluding tert-OH is 1. The summed E-state index contributed by atoms with van der Waals surface area (Å²) in [5.41, 5.74) is 0.325. The zero-order valence-electron chi connectivity index (χ0n) is 10.5. The highest BCUT2D eigenvalue weighted by Crippen LogP contribution is 2.22. The fraction of sp³-hybridized carbons (Fsp3) is 0.167. The van der Waals surface area contributed by atoms with E-state index in [9.17, 15) is 12.8 Å². The third-order valence-electron chi connectivity index (χ3n) is 2.64. The summed E-state index contributed by atoms with van der Waals surface area (Å²) < 4.78 is 40.4. The van der Waals surface area contributed by atoms with E-state index in [4.69, 9.17) is 5.11 Å². The van der Waals surface area contributed by atoms with Gasteiger partial charge in [0, 0.05) is 5.56 Å². The van der Waals surface area contributed by atoms with Gasteiger partial charge >= 0.3 is 0 Å². The molecule has 2 rings (SSSR count). The van der Waals surface area contributed by atoms with Gasteiger partial charge in [-0.2, -0.15) is 0 Å². The predicted molar refractivity (Wildman–Crippen MR) is 69.9 cm³/mol. The molecule has 1 aromatic carbocycles. The van der Waals surface area contributed by atoms with E-state index in [1.54, 1.807) is 0 Å². The molecule has 0 saturated carbocycles. The highest BCUT2D eigenvalue weighted by molar-refractivity contribution is 7.92. The van der Waals surface area contributed by atoms with Crippen molar-refractivity contribution < 1.29 is 17.9 Å². The quantitative estimate of drug-likeness (QED) is 0.885. The zero-order valence-corrected chi connectivity index (χ0v) is 11.4. The van der Waals surface area contributed by atoms with Gasteiger partial charge < -0.3 is 5.11 Å². The van der Waals surface area contributed by atoms with E-state index in [0.717, 1.165) is 6.07 Å². The van der Waals surface area contributed by atoms with Gasteiger partial charge in [0.1, 0.15) is 12.1 Å². The molecule has 2 N–H and O–H groups in total. The summed E-state index contributed by atoms with van der Waals surface area (Å²) in [6.07, 6.45) is 3.83. The molecule has 1 aromatic heterocycles. The zero-order chi connectivity index (χ0) is 14.8. The second-order valence-corrected chi connectivity index (χ2v) is 5.74. The molecule has 0 spiro atoms. The minimum Gasteiger partial charge on any atom is -0.392 e. The Morgan fingerprint density at radius 2 is 1.95 bits per heavy atom. The molecule has 0 unspecified atom stereocenters. The molecule has 2 aromatic rings. The summed E-state index contributed by atoms with van der Waals surface area (Å²) in [4.78, 5) is 7.14. The van der Waals surface area contributed by atoms with E-state index in [2.05, 4.69) is 14.7 Å². The molecule has 106 valence electrons. The van der Waals surface area contributed by atoms with Gasteiger partial charge in [-0.1, -0.05) is 0 Å². The van der Waals surface area contributed by atoms with Crippen LogP contribution in [0, 0.1) is 12.7 Å². The molecule has 1 heterocycles. The fourth-order valence-corrected chi connectivity index (χ4v) is 2.97. The number of rotatable bonds is 4. The van der Waals surface area contributed by atoms with Crippen LogP contribution >= 0.6 is 0 Å². The number of halogens is 1. The van der Waals surface area contributed by atoms with Crippen LogP contribution in [0.2, 0.25) is 0 Å². The first kappa shape index (κ1) is 14.4. The maximum Gasteiger partial charge on any atom is 0.262 e. The summed E-state index contributed by atoms with van der Waals surface area (Å²) in [5.74, 6) is -0.693. The molecule has 0 aliphatic rings. The largest absolute Gasteiger partial charge is 0.392 e. The Morgan fingerprint density at radius 3 is 2.55 bits per heavy atom. The first-order valence-electron chi connectivity index (χ1n) is 5.62. The van der Waals surface area contributed by atoms with Crippen molar-refractivity contribution in [1.29, 1.82) is 0 Å². The maximum atomic E-state index is 13.7. The Bertz CT molecular complexity index is 720. The van der Waals surface area contributed by atoms with Gasteiger partial charge in [-0.05, 0) is 24.6 Å². The molecule has 8 heteroatoms. The lowest BCUT2D eigenvalue weighted by atomic mass is 10.1. The third-order valence-corrected chi connectivity index (χ3v) is 4.15. The molecular weight excluding hydrogens is 285 g/mol. The van der Waals surface area contributed by atoms with Gasteiger partial charge in [0.25, 0.3) is 10.0 Å². The highest BCUT2D eigenvalue weighted by atomic mass is 32.2. The van der Waals surface area contributed by atoms with Gasteiger partial charge in [-0.3, -0.25) is 4.72 Å². The molecule has 0 amide bonds. The molecule has 20 heavy (non-hydrogen) atoms. The second kappa shape index (κ2) is 5.51. The summed E-state index contributed by atoms with van der Waals surface area (Å²) in [6.45, 7) is 0.903. The van der Waals surface area contributed by atoms with Crippen LogP contribution < -0.4 is 4.72 Å². The lowest BCUT2D eigenvalue weighted by Crippen LogP contribution is -2.15. The Labute approximate surface area is 115 Å². The average Bonchev–Trinajstić information content (AvgIpc) is 2.42. The SMILES string of the molecule is Cc1c(F)cc(CO)cc1S(=O)(=O)Nc1cncnc1. The van der Waals surface area contributed by atoms with Crippen LogP contribution in [0.15, 0.2) is 35.7 Å². The van der Waals surface area contributed by atoms with Crippen LogP contribution in [-0.4, -0.2) is 23.5 Å². The standard InChI is InChI=1S/C12H12FN3O3S/c1-8-11(13)2-9(6-17)3-12(8)20(18,19)16-10-4-14-7-15-5-10/h2-5,7,16-17H,6H2,1H3. The number of nitrogens with zero attached hydrogens (tertiary/aromatic N) is 2. The molecule has 0 bridgehead atoms. The van der Waals surface area contributed by atoms with Crippen molar-refractivity contribution in [2.45, 2.75) is 18.4 Å². The molecule has 0 radical (unpaired) electrons. The summed E-state index contributed by atoms with van der Waals surface area (Å²) >= 11 is 0. The van der Waals surface area contributed by atoms with Crippen LogP contribution in [0.1, 0.15) is 11.1 Å². The number of hydrogen-bond acceptors (Lipinski definition) is 5. The summed E-state index contributed by atoms with van der Waals surface area (Å²) in [6, 6.07) is 2.32. The molecule has 6 nitrogen and oxygen atoms in total. The number of benzene rings is 1. The smallest absolute Gasteiger partial charge is 0.262 e. The molecule has 0 saturated heterocycles. The minimum atomic E-state index is -3.98.